The number of nitrogens with zero attached hydrogens (tertiary/aromatic N) is 3. The van der Waals surface area contributed by atoms with Crippen LogP contribution in [0.5, 0.6) is 0 Å². The van der Waals surface area contributed by atoms with Gasteiger partial charge in [0.2, 0.25) is 5.91 Å². The first kappa shape index (κ1) is 22.1. The van der Waals surface area contributed by atoms with Crippen molar-refractivity contribution < 1.29 is 4.79 Å². The van der Waals surface area contributed by atoms with Crippen LogP contribution >= 0.6 is 23.1 Å². The van der Waals surface area contributed by atoms with Crippen LogP contribution in [0.1, 0.15) is 60.0 Å². The molecule has 5 nitrogen and oxygen atoms in total. The third-order valence-corrected chi connectivity index (χ3v) is 7.72. The topological polar surface area (TPSA) is 59.8 Å². The second-order valence-electron chi connectivity index (χ2n) is 8.13. The molecule has 2 heterocycles. The highest BCUT2D eigenvalue weighted by molar-refractivity contribution is 7.99. The normalized spacial score (nSPS) is 14.6. The van der Waals surface area contributed by atoms with Gasteiger partial charge in [0.1, 0.15) is 5.82 Å². The van der Waals surface area contributed by atoms with E-state index >= 15 is 0 Å². The van der Waals surface area contributed by atoms with E-state index in [1.807, 2.05) is 12.1 Å². The molecule has 0 aliphatic heterocycles. The fourth-order valence-corrected chi connectivity index (χ4v) is 5.77. The van der Waals surface area contributed by atoms with Gasteiger partial charge >= 0.3 is 0 Å². The van der Waals surface area contributed by atoms with Gasteiger partial charge in [0.25, 0.3) is 0 Å². The summed E-state index contributed by atoms with van der Waals surface area (Å²) < 4.78 is 2.32. The van der Waals surface area contributed by atoms with Gasteiger partial charge in [0.15, 0.2) is 5.16 Å². The summed E-state index contributed by atoms with van der Waals surface area (Å²) in [7, 11) is 0. The summed E-state index contributed by atoms with van der Waals surface area (Å²) in [5, 5.41) is 15.0. The van der Waals surface area contributed by atoms with Gasteiger partial charge in [-0.2, -0.15) is 0 Å². The Kier molecular flexibility index (Phi) is 7.81. The van der Waals surface area contributed by atoms with Crippen LogP contribution < -0.4 is 5.32 Å². The number of carbonyl (C=O) groups excluding carboxylic acids is 1. The van der Waals surface area contributed by atoms with E-state index in [1.54, 1.807) is 11.3 Å². The second kappa shape index (κ2) is 11.0. The number of rotatable bonds is 9. The molecule has 1 aliphatic carbocycles. The molecule has 0 radical (unpaired) electrons. The molecule has 1 amide bonds. The minimum atomic E-state index is 0.0524. The van der Waals surface area contributed by atoms with Gasteiger partial charge in [-0.05, 0) is 48.8 Å². The van der Waals surface area contributed by atoms with E-state index in [9.17, 15) is 4.79 Å². The first-order chi connectivity index (χ1) is 15.2. The largest absolute Gasteiger partial charge is 0.355 e. The lowest BCUT2D eigenvalue weighted by atomic mass is 9.95. The SMILES string of the molecule is Cc1ccccc1CCNC(=O)CSc1nnc(Cc2cccs2)n1C1CCCCC1. The standard InChI is InChI=1S/C24H30N4OS2/c1-18-8-5-6-9-19(18)13-14-25-23(29)17-31-24-27-26-22(16-21-12-7-15-30-21)28(24)20-10-3-2-4-11-20/h5-9,12,15,20H,2-4,10-11,13-14,16-17H2,1H3,(H,25,29). The molecule has 1 aliphatic rings. The van der Waals surface area contributed by atoms with Crippen LogP contribution in [0.25, 0.3) is 0 Å². The van der Waals surface area contributed by atoms with Gasteiger partial charge in [0, 0.05) is 23.9 Å². The molecule has 0 bridgehead atoms. The maximum atomic E-state index is 12.5. The zero-order valence-corrected chi connectivity index (χ0v) is 19.7. The van der Waals surface area contributed by atoms with Crippen LogP contribution in [0, 0.1) is 6.92 Å². The number of hydrogen-bond donors (Lipinski definition) is 1. The quantitative estimate of drug-likeness (QED) is 0.452. The van der Waals surface area contributed by atoms with Crippen molar-refractivity contribution in [2.75, 3.05) is 12.3 Å². The van der Waals surface area contributed by atoms with Crippen LogP contribution in [-0.2, 0) is 17.6 Å². The van der Waals surface area contributed by atoms with Crippen LogP contribution in [0.2, 0.25) is 0 Å². The van der Waals surface area contributed by atoms with Gasteiger partial charge in [-0.25, -0.2) is 0 Å². The lowest BCUT2D eigenvalue weighted by Gasteiger charge is -2.25. The molecule has 1 fully saturated rings. The molecule has 2 aromatic heterocycles. The maximum Gasteiger partial charge on any atom is 0.230 e. The van der Waals surface area contributed by atoms with Gasteiger partial charge in [-0.15, -0.1) is 21.5 Å². The Bertz CT molecular complexity index is 977. The number of aryl methyl sites for hydroxylation is 1. The average Bonchev–Trinajstić information content (AvgIpc) is 3.44. The Balaban J connectivity index is 1.36. The lowest BCUT2D eigenvalue weighted by molar-refractivity contribution is -0.118. The summed E-state index contributed by atoms with van der Waals surface area (Å²) in [4.78, 5) is 13.8. The summed E-state index contributed by atoms with van der Waals surface area (Å²) in [6.45, 7) is 2.77. The number of thioether (sulfide) groups is 1. The Morgan fingerprint density at radius 2 is 2.00 bits per heavy atom. The molecule has 7 heteroatoms. The van der Waals surface area contributed by atoms with Crippen molar-refractivity contribution in [1.82, 2.24) is 20.1 Å². The monoisotopic (exact) mass is 454 g/mol. The molecule has 0 saturated heterocycles. The molecule has 1 aromatic carbocycles. The van der Waals surface area contributed by atoms with Crippen LogP contribution in [-0.4, -0.2) is 33.0 Å². The third-order valence-electron chi connectivity index (χ3n) is 5.90. The highest BCUT2D eigenvalue weighted by Crippen LogP contribution is 2.33. The van der Waals surface area contributed by atoms with Gasteiger partial charge in [0.05, 0.1) is 5.75 Å². The number of benzene rings is 1. The Morgan fingerprint density at radius 1 is 1.16 bits per heavy atom. The van der Waals surface area contributed by atoms with E-state index in [4.69, 9.17) is 0 Å². The predicted octanol–water partition coefficient (Wildman–Crippen LogP) is 5.20. The highest BCUT2D eigenvalue weighted by atomic mass is 32.2. The summed E-state index contributed by atoms with van der Waals surface area (Å²) in [6, 6.07) is 13.0. The first-order valence-corrected chi connectivity index (χ1v) is 13.0. The van der Waals surface area contributed by atoms with Crippen LogP contribution in [0.15, 0.2) is 46.9 Å². The minimum Gasteiger partial charge on any atom is -0.355 e. The zero-order chi connectivity index (χ0) is 21.5. The molecular formula is C24H30N4OS2. The van der Waals surface area contributed by atoms with Gasteiger partial charge in [-0.1, -0.05) is 61.4 Å². The number of hydrogen-bond acceptors (Lipinski definition) is 5. The predicted molar refractivity (Wildman–Crippen MR) is 128 cm³/mol. The average molecular weight is 455 g/mol. The Labute approximate surface area is 192 Å². The van der Waals surface area contributed by atoms with E-state index in [0.717, 1.165) is 23.8 Å². The number of nitrogens with one attached hydrogen (secondary N) is 1. The second-order valence-corrected chi connectivity index (χ2v) is 10.1. The summed E-state index contributed by atoms with van der Waals surface area (Å²) >= 11 is 3.27. The van der Waals surface area contributed by atoms with E-state index in [1.165, 1.54) is 59.9 Å². The fraction of sp³-hybridized carbons (Fsp3) is 0.458. The van der Waals surface area contributed by atoms with E-state index < -0.39 is 0 Å². The van der Waals surface area contributed by atoms with Crippen molar-refractivity contribution in [2.45, 2.75) is 63.1 Å². The molecule has 164 valence electrons. The molecule has 31 heavy (non-hydrogen) atoms. The van der Waals surface area contributed by atoms with Crippen LogP contribution in [0.4, 0.5) is 0 Å². The molecule has 0 unspecified atom stereocenters. The van der Waals surface area contributed by atoms with Crippen molar-refractivity contribution in [3.05, 3.63) is 63.6 Å². The van der Waals surface area contributed by atoms with Crippen molar-refractivity contribution in [3.8, 4) is 0 Å². The van der Waals surface area contributed by atoms with Crippen molar-refractivity contribution in [2.24, 2.45) is 0 Å². The van der Waals surface area contributed by atoms with Crippen molar-refractivity contribution in [3.63, 3.8) is 0 Å². The fourth-order valence-electron chi connectivity index (χ4n) is 4.21. The van der Waals surface area contributed by atoms with Gasteiger partial charge < -0.3 is 9.88 Å². The van der Waals surface area contributed by atoms with E-state index in [0.29, 0.717) is 18.3 Å². The summed E-state index contributed by atoms with van der Waals surface area (Å²) in [6.07, 6.45) is 7.83. The highest BCUT2D eigenvalue weighted by Gasteiger charge is 2.23. The molecule has 1 saturated carbocycles. The molecule has 0 spiro atoms. The number of aromatic nitrogens is 3. The number of carbonyl (C=O) groups is 1. The smallest absolute Gasteiger partial charge is 0.230 e. The minimum absolute atomic E-state index is 0.0524. The Hall–Kier alpha value is -2.12. The summed E-state index contributed by atoms with van der Waals surface area (Å²) in [5.74, 6) is 1.45. The number of thiophene rings is 1. The van der Waals surface area contributed by atoms with E-state index in [-0.39, 0.29) is 5.91 Å². The molecule has 4 rings (SSSR count). The molecular weight excluding hydrogens is 424 g/mol. The van der Waals surface area contributed by atoms with E-state index in [2.05, 4.69) is 56.7 Å². The summed E-state index contributed by atoms with van der Waals surface area (Å²) in [5.41, 5.74) is 2.55. The first-order valence-electron chi connectivity index (χ1n) is 11.1. The number of amides is 1. The van der Waals surface area contributed by atoms with Crippen molar-refractivity contribution in [1.29, 1.82) is 0 Å². The molecule has 1 N–H and O–H groups in total. The maximum absolute atomic E-state index is 12.5. The third kappa shape index (κ3) is 5.98. The lowest BCUT2D eigenvalue weighted by Crippen LogP contribution is -2.27. The zero-order valence-electron chi connectivity index (χ0n) is 18.0. The Morgan fingerprint density at radius 3 is 2.77 bits per heavy atom. The molecule has 3 aromatic rings. The molecule has 0 atom stereocenters. The van der Waals surface area contributed by atoms with Crippen LogP contribution in [0.3, 0.4) is 0 Å². The van der Waals surface area contributed by atoms with Gasteiger partial charge in [-0.3, -0.25) is 4.79 Å². The van der Waals surface area contributed by atoms with Crippen molar-refractivity contribution >= 4 is 29.0 Å².